The molecule has 0 spiro atoms. The highest BCUT2D eigenvalue weighted by atomic mass is 32.1. The van der Waals surface area contributed by atoms with Gasteiger partial charge in [-0.05, 0) is 42.8 Å². The molecule has 0 radical (unpaired) electrons. The van der Waals surface area contributed by atoms with E-state index in [1.807, 2.05) is 4.90 Å². The second kappa shape index (κ2) is 9.23. The van der Waals surface area contributed by atoms with Gasteiger partial charge in [-0.1, -0.05) is 12.1 Å². The summed E-state index contributed by atoms with van der Waals surface area (Å²) in [6, 6.07) is 4.62. The van der Waals surface area contributed by atoms with E-state index in [-0.39, 0.29) is 11.7 Å². The monoisotopic (exact) mass is 472 g/mol. The number of aliphatic carboxylic acids is 1. The Morgan fingerprint density at radius 2 is 1.87 bits per heavy atom. The number of hydrazine groups is 1. The van der Waals surface area contributed by atoms with Crippen molar-refractivity contribution in [2.75, 3.05) is 13.1 Å². The average Bonchev–Trinajstić information content (AvgIpc) is 3.12. The Labute approximate surface area is 186 Å². The predicted octanol–water partition coefficient (Wildman–Crippen LogP) is 2.62. The number of carboxylic acids is 1. The highest BCUT2D eigenvalue weighted by Crippen LogP contribution is 2.39. The molecule has 1 aromatic heterocycles. The number of aromatic hydroxyl groups is 1. The maximum atomic E-state index is 12.7. The summed E-state index contributed by atoms with van der Waals surface area (Å²) < 4.78 is 38.2. The zero-order chi connectivity index (χ0) is 22.8. The second-order valence-electron chi connectivity index (χ2n) is 7.18. The van der Waals surface area contributed by atoms with Crippen molar-refractivity contribution in [3.63, 3.8) is 0 Å². The van der Waals surface area contributed by atoms with Crippen molar-refractivity contribution in [1.29, 1.82) is 0 Å². The normalized spacial score (nSPS) is 15.7. The summed E-state index contributed by atoms with van der Waals surface area (Å²) in [6.07, 6.45) is -3.38. The average molecular weight is 473 g/mol. The molecule has 0 atom stereocenters. The Balaban J connectivity index is 1.67. The van der Waals surface area contributed by atoms with Crippen LogP contribution in [0.25, 0.3) is 10.4 Å². The molecular formula is C20H21F3N3O3S2+. The third-order valence-electron chi connectivity index (χ3n) is 5.13. The SMILES string of the molecule is C/C(=[NH+]\NC(=S)N1CCC(C(=O)O)CC1)c1csc(-c2ccc(C(F)(F)F)cc2)c1O. The molecule has 1 aromatic carbocycles. The molecule has 6 nitrogen and oxygen atoms in total. The van der Waals surface area contributed by atoms with Crippen molar-refractivity contribution in [1.82, 2.24) is 10.3 Å². The molecule has 0 unspecified atom stereocenters. The van der Waals surface area contributed by atoms with E-state index in [2.05, 4.69) is 10.5 Å². The van der Waals surface area contributed by atoms with Crippen LogP contribution in [0.1, 0.15) is 30.9 Å². The van der Waals surface area contributed by atoms with Crippen LogP contribution in [0.4, 0.5) is 13.2 Å². The van der Waals surface area contributed by atoms with Gasteiger partial charge < -0.3 is 15.1 Å². The molecule has 0 bridgehead atoms. The quantitative estimate of drug-likeness (QED) is 0.311. The van der Waals surface area contributed by atoms with E-state index in [1.165, 1.54) is 23.5 Å². The summed E-state index contributed by atoms with van der Waals surface area (Å²) in [5.41, 5.74) is 3.70. The van der Waals surface area contributed by atoms with Crippen LogP contribution in [0.3, 0.4) is 0 Å². The Hall–Kier alpha value is -2.66. The lowest BCUT2D eigenvalue weighted by molar-refractivity contribution is -0.506. The van der Waals surface area contributed by atoms with Crippen LogP contribution < -0.4 is 10.5 Å². The minimum absolute atomic E-state index is 0.0373. The van der Waals surface area contributed by atoms with Crippen LogP contribution in [0.15, 0.2) is 29.6 Å². The molecule has 0 aliphatic carbocycles. The number of benzene rings is 1. The van der Waals surface area contributed by atoms with E-state index >= 15 is 0 Å². The number of thiocarbonyl (C=S) groups is 1. The summed E-state index contributed by atoms with van der Waals surface area (Å²) in [4.78, 5) is 13.4. The first-order valence-corrected chi connectivity index (χ1v) is 10.7. The van der Waals surface area contributed by atoms with Crippen molar-refractivity contribution in [2.24, 2.45) is 5.92 Å². The third kappa shape index (κ3) is 5.34. The summed E-state index contributed by atoms with van der Waals surface area (Å²) in [5, 5.41) is 24.7. The predicted molar refractivity (Wildman–Crippen MR) is 115 cm³/mol. The van der Waals surface area contributed by atoms with E-state index in [9.17, 15) is 23.1 Å². The number of rotatable bonds is 4. The van der Waals surface area contributed by atoms with Crippen molar-refractivity contribution < 1.29 is 33.3 Å². The fourth-order valence-electron chi connectivity index (χ4n) is 3.26. The number of carbonyl (C=O) groups is 1. The third-order valence-corrected chi connectivity index (χ3v) is 6.51. The minimum atomic E-state index is -4.41. The zero-order valence-corrected chi connectivity index (χ0v) is 18.1. The van der Waals surface area contributed by atoms with Gasteiger partial charge in [0.25, 0.3) is 0 Å². The van der Waals surface area contributed by atoms with Crippen molar-refractivity contribution in [3.05, 3.63) is 40.8 Å². The van der Waals surface area contributed by atoms with Crippen LogP contribution in [0, 0.1) is 5.92 Å². The molecule has 2 heterocycles. The smallest absolute Gasteiger partial charge is 0.416 e. The molecule has 4 N–H and O–H groups in total. The van der Waals surface area contributed by atoms with Gasteiger partial charge in [0.05, 0.1) is 21.9 Å². The number of hydrogen-bond donors (Lipinski definition) is 4. The molecule has 0 amide bonds. The largest absolute Gasteiger partial charge is 0.506 e. The first-order chi connectivity index (χ1) is 14.6. The fraction of sp³-hybridized carbons (Fsp3) is 0.350. The summed E-state index contributed by atoms with van der Waals surface area (Å²) >= 11 is 6.56. The molecule has 1 fully saturated rings. The van der Waals surface area contributed by atoms with E-state index < -0.39 is 17.7 Å². The Morgan fingerprint density at radius 3 is 2.42 bits per heavy atom. The number of nitrogens with zero attached hydrogens (tertiary/aromatic N) is 1. The molecule has 166 valence electrons. The lowest BCUT2D eigenvalue weighted by Gasteiger charge is -2.30. The van der Waals surface area contributed by atoms with E-state index in [1.54, 1.807) is 12.3 Å². The van der Waals surface area contributed by atoms with Gasteiger partial charge in [-0.15, -0.1) is 21.9 Å². The fourth-order valence-corrected chi connectivity index (χ4v) is 4.51. The number of hydrazone groups is 1. The minimum Gasteiger partial charge on any atom is -0.506 e. The molecule has 1 aliphatic heterocycles. The molecule has 11 heteroatoms. The zero-order valence-electron chi connectivity index (χ0n) is 16.5. The number of nitrogens with one attached hydrogen (secondary N) is 2. The summed E-state index contributed by atoms with van der Waals surface area (Å²) in [5.74, 6) is -1.19. The first-order valence-electron chi connectivity index (χ1n) is 9.43. The van der Waals surface area contributed by atoms with Gasteiger partial charge in [0.1, 0.15) is 5.75 Å². The van der Waals surface area contributed by atoms with E-state index in [0.717, 1.165) is 12.1 Å². The first kappa shape index (κ1) is 23.0. The molecule has 3 rings (SSSR count). The molecule has 0 saturated carbocycles. The number of thiophene rings is 1. The van der Waals surface area contributed by atoms with Crippen molar-refractivity contribution >= 4 is 40.3 Å². The molecular weight excluding hydrogens is 451 g/mol. The Bertz CT molecular complexity index is 995. The molecule has 2 aromatic rings. The second-order valence-corrected chi connectivity index (χ2v) is 8.45. The number of carboxylic acid groups (broad SMARTS) is 1. The molecule has 31 heavy (non-hydrogen) atoms. The number of hydrogen-bond acceptors (Lipinski definition) is 4. The van der Waals surface area contributed by atoms with Gasteiger partial charge in [-0.2, -0.15) is 13.2 Å². The summed E-state index contributed by atoms with van der Waals surface area (Å²) in [7, 11) is 0. The van der Waals surface area contributed by atoms with Crippen LogP contribution in [0.5, 0.6) is 5.75 Å². The van der Waals surface area contributed by atoms with E-state index in [4.69, 9.17) is 17.3 Å². The van der Waals surface area contributed by atoms with Crippen molar-refractivity contribution in [2.45, 2.75) is 25.9 Å². The van der Waals surface area contributed by atoms with Crippen LogP contribution in [-0.2, 0) is 11.0 Å². The highest BCUT2D eigenvalue weighted by Gasteiger charge is 2.30. The number of likely N-dealkylation sites (tertiary alicyclic amines) is 1. The van der Waals surface area contributed by atoms with Gasteiger partial charge in [0, 0.05) is 25.4 Å². The van der Waals surface area contributed by atoms with Gasteiger partial charge in [-0.3, -0.25) is 4.79 Å². The van der Waals surface area contributed by atoms with Crippen LogP contribution in [-0.4, -0.2) is 45.0 Å². The maximum Gasteiger partial charge on any atom is 0.416 e. The van der Waals surface area contributed by atoms with Gasteiger partial charge in [0.15, 0.2) is 0 Å². The molecule has 1 saturated heterocycles. The van der Waals surface area contributed by atoms with Gasteiger partial charge in [-0.25, -0.2) is 0 Å². The van der Waals surface area contributed by atoms with Crippen LogP contribution in [0.2, 0.25) is 0 Å². The topological polar surface area (TPSA) is 86.8 Å². The van der Waals surface area contributed by atoms with Crippen LogP contribution >= 0.6 is 23.6 Å². The van der Waals surface area contributed by atoms with E-state index in [0.29, 0.717) is 52.8 Å². The highest BCUT2D eigenvalue weighted by molar-refractivity contribution is 7.80. The standard InChI is InChI=1S/C20H20F3N3O3S2/c1-11(24-25-19(30)26-8-6-13(7-9-26)18(28)29)15-10-31-17(16(15)27)12-2-4-14(5-3-12)20(21,22)23/h2-5,10,13,27H,6-9H2,1H3,(H,25,30)(H,28,29)/p+1/b24-11+. The van der Waals surface area contributed by atoms with Crippen molar-refractivity contribution in [3.8, 4) is 16.2 Å². The van der Waals surface area contributed by atoms with Gasteiger partial charge in [0.2, 0.25) is 10.8 Å². The molecule has 1 aliphatic rings. The lowest BCUT2D eigenvalue weighted by Crippen LogP contribution is -2.85. The number of halogens is 3. The maximum absolute atomic E-state index is 12.7. The van der Waals surface area contributed by atoms with Gasteiger partial charge >= 0.3 is 12.1 Å². The lowest BCUT2D eigenvalue weighted by atomic mass is 9.97. The Kier molecular flexibility index (Phi) is 6.85. The summed E-state index contributed by atoms with van der Waals surface area (Å²) in [6.45, 7) is 2.79. The number of piperidine rings is 1. The number of alkyl halides is 3. The Morgan fingerprint density at radius 1 is 1.26 bits per heavy atom.